The largest absolute Gasteiger partial charge is 0.449 e. The molecule has 200 valence electrons. The molecule has 7 nitrogen and oxygen atoms in total. The van der Waals surface area contributed by atoms with Crippen LogP contribution in [0.15, 0.2) is 48.5 Å². The second kappa shape index (κ2) is 15.0. The minimum Gasteiger partial charge on any atom is -0.449 e. The summed E-state index contributed by atoms with van der Waals surface area (Å²) in [6.45, 7) is 2.89. The lowest BCUT2D eigenvalue weighted by atomic mass is 9.98. The molecule has 4 N–H and O–H groups in total. The molecule has 0 heterocycles. The highest BCUT2D eigenvalue weighted by molar-refractivity contribution is 5.90. The van der Waals surface area contributed by atoms with Crippen molar-refractivity contribution in [3.8, 4) is 11.1 Å². The SMILES string of the molecule is CCCCCCCCCCCNC(=O)C[C@H](NC(=O)OCC1c2ccccc2-c2ccccc21)C(N)=O. The van der Waals surface area contributed by atoms with Gasteiger partial charge in [0.15, 0.2) is 0 Å². The van der Waals surface area contributed by atoms with E-state index in [1.165, 1.54) is 38.5 Å². The van der Waals surface area contributed by atoms with Crippen molar-refractivity contribution >= 4 is 17.9 Å². The Bertz CT molecular complexity index is 993. The summed E-state index contributed by atoms with van der Waals surface area (Å²) in [5, 5.41) is 5.28. The third-order valence-electron chi connectivity index (χ3n) is 6.97. The van der Waals surface area contributed by atoms with Crippen molar-refractivity contribution in [2.75, 3.05) is 13.2 Å². The molecule has 0 saturated carbocycles. The number of rotatable bonds is 16. The number of hydrogen-bond donors (Lipinski definition) is 3. The zero-order valence-corrected chi connectivity index (χ0v) is 22.0. The number of nitrogens with one attached hydrogen (secondary N) is 2. The summed E-state index contributed by atoms with van der Waals surface area (Å²) in [5.41, 5.74) is 9.89. The quantitative estimate of drug-likeness (QED) is 0.264. The van der Waals surface area contributed by atoms with E-state index in [0.29, 0.717) is 6.54 Å². The van der Waals surface area contributed by atoms with Crippen LogP contribution in [0.4, 0.5) is 4.79 Å². The van der Waals surface area contributed by atoms with Gasteiger partial charge in [-0.2, -0.15) is 0 Å². The van der Waals surface area contributed by atoms with Crippen LogP contribution in [0.1, 0.15) is 88.2 Å². The van der Waals surface area contributed by atoms with E-state index in [-0.39, 0.29) is 24.9 Å². The molecular formula is C30H41N3O4. The fourth-order valence-corrected chi connectivity index (χ4v) is 4.93. The van der Waals surface area contributed by atoms with Crippen LogP contribution in [0.2, 0.25) is 0 Å². The smallest absolute Gasteiger partial charge is 0.407 e. The van der Waals surface area contributed by atoms with Gasteiger partial charge in [-0.1, -0.05) is 107 Å². The van der Waals surface area contributed by atoms with Crippen LogP contribution in [0.5, 0.6) is 0 Å². The fourth-order valence-electron chi connectivity index (χ4n) is 4.93. The zero-order valence-electron chi connectivity index (χ0n) is 22.0. The molecule has 0 aromatic heterocycles. The average molecular weight is 508 g/mol. The van der Waals surface area contributed by atoms with Crippen LogP contribution in [0.3, 0.4) is 0 Å². The molecule has 1 atom stereocenters. The molecule has 1 aliphatic rings. The maximum absolute atomic E-state index is 12.5. The summed E-state index contributed by atoms with van der Waals surface area (Å²) >= 11 is 0. The van der Waals surface area contributed by atoms with Crippen LogP contribution in [-0.2, 0) is 14.3 Å². The maximum atomic E-state index is 12.5. The Morgan fingerprint density at radius 2 is 1.38 bits per heavy atom. The van der Waals surface area contributed by atoms with E-state index >= 15 is 0 Å². The number of carbonyl (C=O) groups is 3. The van der Waals surface area contributed by atoms with Crippen LogP contribution >= 0.6 is 0 Å². The van der Waals surface area contributed by atoms with Crippen molar-refractivity contribution in [3.05, 3.63) is 59.7 Å². The monoisotopic (exact) mass is 507 g/mol. The van der Waals surface area contributed by atoms with Crippen molar-refractivity contribution in [3.63, 3.8) is 0 Å². The van der Waals surface area contributed by atoms with Crippen LogP contribution in [0.25, 0.3) is 11.1 Å². The van der Waals surface area contributed by atoms with E-state index < -0.39 is 18.0 Å². The number of primary amides is 1. The maximum Gasteiger partial charge on any atom is 0.407 e. The third kappa shape index (κ3) is 8.62. The van der Waals surface area contributed by atoms with Gasteiger partial charge in [0.2, 0.25) is 11.8 Å². The van der Waals surface area contributed by atoms with Crippen molar-refractivity contribution in [2.24, 2.45) is 5.73 Å². The number of carbonyl (C=O) groups excluding carboxylic acids is 3. The topological polar surface area (TPSA) is 111 Å². The summed E-state index contributed by atoms with van der Waals surface area (Å²) in [6, 6.07) is 15.0. The molecule has 0 radical (unpaired) electrons. The van der Waals surface area contributed by atoms with Crippen LogP contribution in [0, 0.1) is 0 Å². The number of amides is 3. The van der Waals surface area contributed by atoms with Crippen molar-refractivity contribution in [1.29, 1.82) is 0 Å². The molecule has 1 aliphatic carbocycles. The Hall–Kier alpha value is -3.35. The highest BCUT2D eigenvalue weighted by Crippen LogP contribution is 2.44. The summed E-state index contributed by atoms with van der Waals surface area (Å²) in [7, 11) is 0. The Kier molecular flexibility index (Phi) is 11.5. The standard InChI is InChI=1S/C30H41N3O4/c1-2-3-4-5-6-7-8-9-14-19-32-28(34)20-27(29(31)35)33-30(36)37-21-26-24-17-12-10-15-22(24)23-16-11-13-18-25(23)26/h10-13,15-18,26-27H,2-9,14,19-21H2,1H3,(H2,31,35)(H,32,34)(H,33,36)/t27-/m0/s1. The van der Waals surface area contributed by atoms with E-state index in [1.807, 2.05) is 36.4 Å². The molecule has 0 bridgehead atoms. The molecule has 2 aromatic rings. The van der Waals surface area contributed by atoms with E-state index in [2.05, 4.69) is 29.7 Å². The molecule has 2 aromatic carbocycles. The first-order valence-electron chi connectivity index (χ1n) is 13.7. The van der Waals surface area contributed by atoms with Gasteiger partial charge < -0.3 is 21.1 Å². The number of hydrogen-bond acceptors (Lipinski definition) is 4. The van der Waals surface area contributed by atoms with E-state index in [4.69, 9.17) is 10.5 Å². The molecular weight excluding hydrogens is 466 g/mol. The minimum absolute atomic E-state index is 0.0928. The Balaban J connectivity index is 1.37. The molecule has 0 spiro atoms. The molecule has 3 rings (SSSR count). The van der Waals surface area contributed by atoms with Gasteiger partial charge in [-0.05, 0) is 28.7 Å². The molecule has 0 saturated heterocycles. The van der Waals surface area contributed by atoms with Crippen molar-refractivity contribution < 1.29 is 19.1 Å². The van der Waals surface area contributed by atoms with Gasteiger partial charge in [0, 0.05) is 12.5 Å². The molecule has 0 aliphatic heterocycles. The van der Waals surface area contributed by atoms with Gasteiger partial charge in [0.1, 0.15) is 12.6 Å². The van der Waals surface area contributed by atoms with Gasteiger partial charge >= 0.3 is 6.09 Å². The lowest BCUT2D eigenvalue weighted by Gasteiger charge is -2.18. The second-order valence-electron chi connectivity index (χ2n) is 9.81. The normalized spacial score (nSPS) is 12.9. The zero-order chi connectivity index (χ0) is 26.5. The van der Waals surface area contributed by atoms with Gasteiger partial charge in [-0.25, -0.2) is 4.79 Å². The van der Waals surface area contributed by atoms with Gasteiger partial charge in [-0.15, -0.1) is 0 Å². The molecule has 0 unspecified atom stereocenters. The predicted octanol–water partition coefficient (Wildman–Crippen LogP) is 5.42. The molecule has 0 fully saturated rings. The highest BCUT2D eigenvalue weighted by atomic mass is 16.5. The molecule has 3 amide bonds. The summed E-state index contributed by atoms with van der Waals surface area (Å²) < 4.78 is 5.48. The van der Waals surface area contributed by atoms with Crippen molar-refractivity contribution in [2.45, 2.75) is 83.1 Å². The van der Waals surface area contributed by atoms with E-state index in [0.717, 1.165) is 41.5 Å². The first-order chi connectivity index (χ1) is 18.0. The number of benzene rings is 2. The molecule has 7 heteroatoms. The summed E-state index contributed by atoms with van der Waals surface area (Å²) in [4.78, 5) is 36.7. The predicted molar refractivity (Wildman–Crippen MR) is 146 cm³/mol. The number of fused-ring (bicyclic) bond motifs is 3. The highest BCUT2D eigenvalue weighted by Gasteiger charge is 2.29. The Morgan fingerprint density at radius 3 is 1.95 bits per heavy atom. The minimum atomic E-state index is -1.13. The summed E-state index contributed by atoms with van der Waals surface area (Å²) in [6.07, 6.45) is 9.83. The van der Waals surface area contributed by atoms with Gasteiger partial charge in [-0.3, -0.25) is 9.59 Å². The number of alkyl carbamates (subject to hydrolysis) is 1. The second-order valence-corrected chi connectivity index (χ2v) is 9.81. The van der Waals surface area contributed by atoms with E-state index in [9.17, 15) is 14.4 Å². The van der Waals surface area contributed by atoms with Gasteiger partial charge in [0.05, 0.1) is 6.42 Å². The fraction of sp³-hybridized carbons (Fsp3) is 0.500. The first-order valence-corrected chi connectivity index (χ1v) is 13.7. The number of ether oxygens (including phenoxy) is 1. The van der Waals surface area contributed by atoms with Crippen LogP contribution < -0.4 is 16.4 Å². The van der Waals surface area contributed by atoms with Crippen molar-refractivity contribution in [1.82, 2.24) is 10.6 Å². The Morgan fingerprint density at radius 1 is 0.838 bits per heavy atom. The number of nitrogens with two attached hydrogens (primary N) is 1. The van der Waals surface area contributed by atoms with E-state index in [1.54, 1.807) is 0 Å². The lowest BCUT2D eigenvalue weighted by Crippen LogP contribution is -2.47. The Labute approximate surface area is 220 Å². The molecule has 37 heavy (non-hydrogen) atoms. The lowest BCUT2D eigenvalue weighted by molar-refractivity contribution is -0.126. The summed E-state index contributed by atoms with van der Waals surface area (Å²) in [5.74, 6) is -1.18. The van der Waals surface area contributed by atoms with Gasteiger partial charge in [0.25, 0.3) is 0 Å². The first kappa shape index (κ1) is 28.2. The average Bonchev–Trinajstić information content (AvgIpc) is 3.22. The number of unbranched alkanes of at least 4 members (excludes halogenated alkanes) is 8. The van der Waals surface area contributed by atoms with Crippen LogP contribution in [-0.4, -0.2) is 37.1 Å². The third-order valence-corrected chi connectivity index (χ3v) is 6.97.